The highest BCUT2D eigenvalue weighted by Gasteiger charge is 2.25. The van der Waals surface area contributed by atoms with Crippen molar-refractivity contribution in [3.05, 3.63) is 71.0 Å². The molecule has 1 aliphatic carbocycles. The van der Waals surface area contributed by atoms with E-state index in [1.165, 1.54) is 23.3 Å². The van der Waals surface area contributed by atoms with E-state index < -0.39 is 0 Å². The van der Waals surface area contributed by atoms with Crippen LogP contribution in [0.4, 0.5) is 4.39 Å². The molecule has 1 fully saturated rings. The minimum absolute atomic E-state index is 0.0532. The van der Waals surface area contributed by atoms with Gasteiger partial charge in [-0.3, -0.25) is 4.79 Å². The van der Waals surface area contributed by atoms with E-state index in [9.17, 15) is 9.18 Å². The summed E-state index contributed by atoms with van der Waals surface area (Å²) in [5.74, 6) is 0.862. The summed E-state index contributed by atoms with van der Waals surface area (Å²) in [6.45, 7) is 3.57. The monoisotopic (exact) mass is 393 g/mol. The average molecular weight is 394 g/mol. The number of hydrogen-bond donors (Lipinski definition) is 0. The van der Waals surface area contributed by atoms with Crippen molar-refractivity contribution >= 4 is 11.9 Å². The Balaban J connectivity index is 1.17. The number of carbonyl (C=O) groups excluding carboxylic acids is 1. The standard InChI is InChI=1S/C25H28FNO2/c26-23-9-6-20(7-10-23)25(28)21-12-15-27(16-13-21)14-3-17-29-24-11-8-19-4-1-2-5-22(19)18-24/h1,4,6-11,18,21H,2-3,5,12-17H2. The largest absolute Gasteiger partial charge is 0.494 e. The van der Waals surface area contributed by atoms with Crippen LogP contribution in [0.5, 0.6) is 5.75 Å². The number of Topliss-reactive ketones (excluding diaryl/α,β-unsaturated/α-hetero) is 1. The predicted molar refractivity (Wildman–Crippen MR) is 114 cm³/mol. The van der Waals surface area contributed by atoms with Crippen LogP contribution in [0, 0.1) is 11.7 Å². The van der Waals surface area contributed by atoms with Crippen LogP contribution in [0.15, 0.2) is 48.5 Å². The Labute approximate surface area is 172 Å². The second-order valence-corrected chi connectivity index (χ2v) is 7.99. The molecule has 0 spiro atoms. The van der Waals surface area contributed by atoms with Gasteiger partial charge in [0.2, 0.25) is 0 Å². The molecule has 1 aliphatic heterocycles. The predicted octanol–water partition coefficient (Wildman–Crippen LogP) is 5.15. The van der Waals surface area contributed by atoms with Gasteiger partial charge in [0.1, 0.15) is 11.6 Å². The molecule has 2 aromatic carbocycles. The first-order valence-corrected chi connectivity index (χ1v) is 10.6. The number of rotatable bonds is 7. The quantitative estimate of drug-likeness (QED) is 0.481. The fourth-order valence-electron chi connectivity index (χ4n) is 4.25. The number of halogens is 1. The number of likely N-dealkylation sites (tertiary alicyclic amines) is 1. The Morgan fingerprint density at radius 2 is 1.90 bits per heavy atom. The summed E-state index contributed by atoms with van der Waals surface area (Å²) in [6.07, 6.45) is 9.33. The lowest BCUT2D eigenvalue weighted by atomic mass is 9.89. The third-order valence-electron chi connectivity index (χ3n) is 5.97. The van der Waals surface area contributed by atoms with Crippen LogP contribution in [-0.4, -0.2) is 36.9 Å². The molecule has 0 radical (unpaired) electrons. The van der Waals surface area contributed by atoms with Gasteiger partial charge in [0.25, 0.3) is 0 Å². The van der Waals surface area contributed by atoms with Gasteiger partial charge in [0.05, 0.1) is 6.61 Å². The maximum Gasteiger partial charge on any atom is 0.166 e. The average Bonchev–Trinajstić information content (AvgIpc) is 2.77. The fraction of sp³-hybridized carbons (Fsp3) is 0.400. The lowest BCUT2D eigenvalue weighted by Crippen LogP contribution is -2.37. The third kappa shape index (κ3) is 5.13. The maximum absolute atomic E-state index is 13.0. The summed E-state index contributed by atoms with van der Waals surface area (Å²) in [7, 11) is 0. The number of ether oxygens (including phenoxy) is 1. The first-order valence-electron chi connectivity index (χ1n) is 10.6. The smallest absolute Gasteiger partial charge is 0.166 e. The van der Waals surface area contributed by atoms with Crippen LogP contribution >= 0.6 is 0 Å². The molecular weight excluding hydrogens is 365 g/mol. The Kier molecular flexibility index (Phi) is 6.40. The van der Waals surface area contributed by atoms with Crippen molar-refractivity contribution in [3.63, 3.8) is 0 Å². The number of fused-ring (bicyclic) bond motifs is 1. The van der Waals surface area contributed by atoms with Gasteiger partial charge in [-0.2, -0.15) is 0 Å². The Morgan fingerprint density at radius 1 is 1.10 bits per heavy atom. The second-order valence-electron chi connectivity index (χ2n) is 7.99. The van der Waals surface area contributed by atoms with Gasteiger partial charge in [-0.25, -0.2) is 4.39 Å². The third-order valence-corrected chi connectivity index (χ3v) is 5.97. The molecule has 4 rings (SSSR count). The minimum Gasteiger partial charge on any atom is -0.494 e. The molecule has 29 heavy (non-hydrogen) atoms. The van der Waals surface area contributed by atoms with E-state index in [0.29, 0.717) is 12.2 Å². The summed E-state index contributed by atoms with van der Waals surface area (Å²) in [5, 5.41) is 0. The lowest BCUT2D eigenvalue weighted by Gasteiger charge is -2.31. The number of piperidine rings is 1. The van der Waals surface area contributed by atoms with Crippen molar-refractivity contribution in [1.29, 1.82) is 0 Å². The summed E-state index contributed by atoms with van der Waals surface area (Å²) >= 11 is 0. The van der Waals surface area contributed by atoms with Gasteiger partial charge >= 0.3 is 0 Å². The molecule has 1 heterocycles. The molecule has 152 valence electrons. The number of aryl methyl sites for hydroxylation is 1. The molecule has 1 saturated heterocycles. The lowest BCUT2D eigenvalue weighted by molar-refractivity contribution is 0.0835. The molecule has 0 saturated carbocycles. The van der Waals surface area contributed by atoms with Crippen molar-refractivity contribution in [3.8, 4) is 5.75 Å². The Hall–Kier alpha value is -2.46. The second kappa shape index (κ2) is 9.36. The van der Waals surface area contributed by atoms with E-state index in [1.54, 1.807) is 12.1 Å². The number of nitrogens with zero attached hydrogens (tertiary/aromatic N) is 1. The molecule has 0 aromatic heterocycles. The van der Waals surface area contributed by atoms with Crippen LogP contribution in [0.3, 0.4) is 0 Å². The van der Waals surface area contributed by atoms with E-state index >= 15 is 0 Å². The minimum atomic E-state index is -0.300. The summed E-state index contributed by atoms with van der Waals surface area (Å²) in [5.41, 5.74) is 3.30. The van der Waals surface area contributed by atoms with Crippen LogP contribution in [0.1, 0.15) is 47.2 Å². The molecule has 3 nitrogen and oxygen atoms in total. The summed E-state index contributed by atoms with van der Waals surface area (Å²) < 4.78 is 19.0. The van der Waals surface area contributed by atoms with E-state index in [-0.39, 0.29) is 17.5 Å². The summed E-state index contributed by atoms with van der Waals surface area (Å²) in [6, 6.07) is 12.3. The highest BCUT2D eigenvalue weighted by molar-refractivity contribution is 5.97. The van der Waals surface area contributed by atoms with Gasteiger partial charge in [0.15, 0.2) is 5.78 Å². The molecule has 0 atom stereocenters. The van der Waals surface area contributed by atoms with Crippen LogP contribution in [0.25, 0.3) is 6.08 Å². The van der Waals surface area contributed by atoms with E-state index in [0.717, 1.165) is 57.5 Å². The molecule has 0 unspecified atom stereocenters. The number of carbonyl (C=O) groups is 1. The zero-order valence-electron chi connectivity index (χ0n) is 16.8. The van der Waals surface area contributed by atoms with Crippen molar-refractivity contribution in [2.24, 2.45) is 5.92 Å². The van der Waals surface area contributed by atoms with Crippen molar-refractivity contribution < 1.29 is 13.9 Å². The van der Waals surface area contributed by atoms with E-state index in [4.69, 9.17) is 4.74 Å². The van der Waals surface area contributed by atoms with Crippen LogP contribution in [0.2, 0.25) is 0 Å². The first kappa shape index (κ1) is 19.8. The van der Waals surface area contributed by atoms with E-state index in [1.807, 2.05) is 0 Å². The molecular formula is C25H28FNO2. The number of allylic oxidation sites excluding steroid dienone is 1. The number of hydrogen-bond acceptors (Lipinski definition) is 3. The zero-order chi connectivity index (χ0) is 20.1. The van der Waals surface area contributed by atoms with Crippen LogP contribution < -0.4 is 4.74 Å². The molecule has 0 amide bonds. The number of ketones is 1. The maximum atomic E-state index is 13.0. The molecule has 4 heteroatoms. The van der Waals surface area contributed by atoms with Gasteiger partial charge in [0, 0.05) is 18.0 Å². The molecule has 0 bridgehead atoms. The van der Waals surface area contributed by atoms with Crippen molar-refractivity contribution in [2.45, 2.75) is 32.1 Å². The normalized spacial score (nSPS) is 17.1. The molecule has 0 N–H and O–H groups in total. The van der Waals surface area contributed by atoms with E-state index in [2.05, 4.69) is 35.3 Å². The number of benzene rings is 2. The first-order chi connectivity index (χ1) is 14.2. The highest BCUT2D eigenvalue weighted by atomic mass is 19.1. The van der Waals surface area contributed by atoms with Gasteiger partial charge in [-0.15, -0.1) is 0 Å². The van der Waals surface area contributed by atoms with Gasteiger partial charge < -0.3 is 9.64 Å². The SMILES string of the molecule is O=C(c1ccc(F)cc1)C1CCN(CCCOc2ccc3c(c2)CCC=C3)CC1. The Bertz CT molecular complexity index is 867. The summed E-state index contributed by atoms with van der Waals surface area (Å²) in [4.78, 5) is 15.0. The topological polar surface area (TPSA) is 29.5 Å². The highest BCUT2D eigenvalue weighted by Crippen LogP contribution is 2.25. The fourth-order valence-corrected chi connectivity index (χ4v) is 4.25. The van der Waals surface area contributed by atoms with Gasteiger partial charge in [-0.1, -0.05) is 18.2 Å². The zero-order valence-corrected chi connectivity index (χ0v) is 16.8. The van der Waals surface area contributed by atoms with Crippen molar-refractivity contribution in [2.75, 3.05) is 26.2 Å². The van der Waals surface area contributed by atoms with Crippen LogP contribution in [-0.2, 0) is 6.42 Å². The van der Waals surface area contributed by atoms with Gasteiger partial charge in [-0.05, 0) is 92.7 Å². The Morgan fingerprint density at radius 3 is 2.69 bits per heavy atom. The molecule has 2 aromatic rings. The van der Waals surface area contributed by atoms with Crippen molar-refractivity contribution in [1.82, 2.24) is 4.90 Å². The molecule has 2 aliphatic rings.